The van der Waals surface area contributed by atoms with Crippen molar-refractivity contribution in [2.45, 2.75) is 13.8 Å². The van der Waals surface area contributed by atoms with Crippen molar-refractivity contribution in [1.29, 1.82) is 0 Å². The standard InChI is InChI=1S/C15H25N3O4S.HI/c1-5-16-15(17-9-10-23(4,19)20)18-12-7-8-13(21-3)14(11-12)22-6-2;/h7-8,11H,5-6,9-10H2,1-4H3,(H2,16,17,18);1H. The van der Waals surface area contributed by atoms with Crippen molar-refractivity contribution in [2.75, 3.05) is 44.1 Å². The number of aliphatic imine (C=N–C) groups is 1. The lowest BCUT2D eigenvalue weighted by molar-refractivity contribution is 0.311. The first-order chi connectivity index (χ1) is 10.9. The van der Waals surface area contributed by atoms with Crippen LogP contribution in [0.25, 0.3) is 0 Å². The van der Waals surface area contributed by atoms with E-state index in [1.54, 1.807) is 13.2 Å². The lowest BCUT2D eigenvalue weighted by Crippen LogP contribution is -2.31. The third-order valence-electron chi connectivity index (χ3n) is 2.80. The van der Waals surface area contributed by atoms with Gasteiger partial charge in [-0.05, 0) is 26.0 Å². The Morgan fingerprint density at radius 2 is 1.96 bits per heavy atom. The van der Waals surface area contributed by atoms with Gasteiger partial charge in [-0.1, -0.05) is 0 Å². The molecule has 0 saturated carbocycles. The number of benzene rings is 1. The summed E-state index contributed by atoms with van der Waals surface area (Å²) < 4.78 is 33.1. The summed E-state index contributed by atoms with van der Waals surface area (Å²) in [7, 11) is -1.44. The van der Waals surface area contributed by atoms with Crippen LogP contribution in [0.3, 0.4) is 0 Å². The Hall–Kier alpha value is -1.23. The number of sulfone groups is 1. The lowest BCUT2D eigenvalue weighted by atomic mass is 10.2. The van der Waals surface area contributed by atoms with Crippen LogP contribution >= 0.6 is 24.0 Å². The predicted octanol–water partition coefficient (Wildman–Crippen LogP) is 2.13. The van der Waals surface area contributed by atoms with Crippen molar-refractivity contribution in [3.63, 3.8) is 0 Å². The summed E-state index contributed by atoms with van der Waals surface area (Å²) >= 11 is 0. The molecule has 0 aliphatic carbocycles. The summed E-state index contributed by atoms with van der Waals surface area (Å²) in [4.78, 5) is 4.26. The Morgan fingerprint density at radius 1 is 1.25 bits per heavy atom. The molecule has 1 rings (SSSR count). The molecule has 1 aromatic carbocycles. The highest BCUT2D eigenvalue weighted by atomic mass is 127. The summed E-state index contributed by atoms with van der Waals surface area (Å²) in [5.74, 6) is 1.81. The van der Waals surface area contributed by atoms with Crippen molar-refractivity contribution in [3.8, 4) is 11.5 Å². The summed E-state index contributed by atoms with van der Waals surface area (Å²) in [5, 5.41) is 6.19. The Labute approximate surface area is 161 Å². The molecule has 0 saturated heterocycles. The molecule has 0 amide bonds. The van der Waals surface area contributed by atoms with E-state index in [-0.39, 0.29) is 36.3 Å². The molecule has 0 fully saturated rings. The number of rotatable bonds is 8. The normalized spacial score (nSPS) is 11.4. The number of guanidine groups is 1. The maximum atomic E-state index is 11.2. The summed E-state index contributed by atoms with van der Waals surface area (Å²) in [6, 6.07) is 5.45. The van der Waals surface area contributed by atoms with E-state index in [4.69, 9.17) is 9.47 Å². The molecule has 0 bridgehead atoms. The van der Waals surface area contributed by atoms with Gasteiger partial charge < -0.3 is 20.1 Å². The highest BCUT2D eigenvalue weighted by Crippen LogP contribution is 2.30. The van der Waals surface area contributed by atoms with E-state index in [0.29, 0.717) is 30.6 Å². The van der Waals surface area contributed by atoms with Crippen LogP contribution in [0.15, 0.2) is 23.2 Å². The van der Waals surface area contributed by atoms with Crippen molar-refractivity contribution < 1.29 is 17.9 Å². The van der Waals surface area contributed by atoms with Crippen LogP contribution in [-0.4, -0.2) is 53.2 Å². The lowest BCUT2D eigenvalue weighted by Gasteiger charge is -2.14. The van der Waals surface area contributed by atoms with Crippen molar-refractivity contribution in [2.24, 2.45) is 4.99 Å². The molecule has 2 N–H and O–H groups in total. The van der Waals surface area contributed by atoms with E-state index in [1.165, 1.54) is 6.26 Å². The van der Waals surface area contributed by atoms with Crippen molar-refractivity contribution in [1.82, 2.24) is 5.32 Å². The molecule has 0 spiro atoms. The van der Waals surface area contributed by atoms with Gasteiger partial charge in [0.15, 0.2) is 17.5 Å². The zero-order chi connectivity index (χ0) is 17.3. The van der Waals surface area contributed by atoms with Gasteiger partial charge in [0.25, 0.3) is 0 Å². The number of hydrogen-bond acceptors (Lipinski definition) is 5. The second-order valence-corrected chi connectivity index (χ2v) is 7.07. The monoisotopic (exact) mass is 471 g/mol. The van der Waals surface area contributed by atoms with Gasteiger partial charge in [0.2, 0.25) is 0 Å². The molecule has 9 heteroatoms. The first kappa shape index (κ1) is 22.8. The fourth-order valence-electron chi connectivity index (χ4n) is 1.79. The van der Waals surface area contributed by atoms with E-state index >= 15 is 0 Å². The SMILES string of the molecule is CCNC(=NCCS(C)(=O)=O)Nc1ccc(OC)c(OCC)c1.I. The molecule has 0 radical (unpaired) electrons. The molecule has 138 valence electrons. The van der Waals surface area contributed by atoms with Crippen LogP contribution in [0.1, 0.15) is 13.8 Å². The van der Waals surface area contributed by atoms with Gasteiger partial charge in [0.1, 0.15) is 9.84 Å². The minimum absolute atomic E-state index is 0. The quantitative estimate of drug-likeness (QED) is 0.343. The molecule has 0 atom stereocenters. The molecule has 0 aromatic heterocycles. The van der Waals surface area contributed by atoms with Gasteiger partial charge in [-0.3, -0.25) is 4.99 Å². The molecular weight excluding hydrogens is 445 g/mol. The largest absolute Gasteiger partial charge is 0.493 e. The molecule has 24 heavy (non-hydrogen) atoms. The zero-order valence-electron chi connectivity index (χ0n) is 14.5. The second kappa shape index (κ2) is 11.3. The smallest absolute Gasteiger partial charge is 0.195 e. The zero-order valence-corrected chi connectivity index (χ0v) is 17.6. The minimum Gasteiger partial charge on any atom is -0.493 e. The van der Waals surface area contributed by atoms with Crippen LogP contribution < -0.4 is 20.1 Å². The maximum Gasteiger partial charge on any atom is 0.195 e. The Kier molecular flexibility index (Phi) is 10.8. The van der Waals surface area contributed by atoms with E-state index in [0.717, 1.165) is 5.69 Å². The highest BCUT2D eigenvalue weighted by Gasteiger charge is 2.07. The average Bonchev–Trinajstić information content (AvgIpc) is 2.47. The minimum atomic E-state index is -3.03. The summed E-state index contributed by atoms with van der Waals surface area (Å²) in [6.07, 6.45) is 1.20. The molecule has 0 aliphatic rings. The van der Waals surface area contributed by atoms with Crippen LogP contribution in [0.5, 0.6) is 11.5 Å². The topological polar surface area (TPSA) is 89.0 Å². The summed E-state index contributed by atoms with van der Waals surface area (Å²) in [5.41, 5.74) is 0.772. The molecule has 0 unspecified atom stereocenters. The van der Waals surface area contributed by atoms with Crippen molar-refractivity contribution in [3.05, 3.63) is 18.2 Å². The predicted molar refractivity (Wildman–Crippen MR) is 109 cm³/mol. The molecule has 1 aromatic rings. The fraction of sp³-hybridized carbons (Fsp3) is 0.533. The number of nitrogens with zero attached hydrogens (tertiary/aromatic N) is 1. The van der Waals surface area contributed by atoms with E-state index in [9.17, 15) is 8.42 Å². The summed E-state index contributed by atoms with van der Waals surface area (Å²) in [6.45, 7) is 5.23. The van der Waals surface area contributed by atoms with E-state index in [1.807, 2.05) is 26.0 Å². The molecule has 0 aliphatic heterocycles. The van der Waals surface area contributed by atoms with Crippen LogP contribution in [0.4, 0.5) is 5.69 Å². The average molecular weight is 471 g/mol. The number of halogens is 1. The first-order valence-corrected chi connectivity index (χ1v) is 9.49. The highest BCUT2D eigenvalue weighted by molar-refractivity contribution is 14.0. The van der Waals surface area contributed by atoms with Gasteiger partial charge in [0.05, 0.1) is 26.0 Å². The van der Waals surface area contributed by atoms with Gasteiger partial charge in [-0.2, -0.15) is 0 Å². The molecule has 0 heterocycles. The van der Waals surface area contributed by atoms with Gasteiger partial charge in [0, 0.05) is 24.6 Å². The Balaban J connectivity index is 0.00000529. The number of anilines is 1. The first-order valence-electron chi connectivity index (χ1n) is 7.43. The van der Waals surface area contributed by atoms with Crippen LogP contribution in [-0.2, 0) is 9.84 Å². The van der Waals surface area contributed by atoms with Crippen LogP contribution in [0.2, 0.25) is 0 Å². The third kappa shape index (κ3) is 8.57. The van der Waals surface area contributed by atoms with Crippen molar-refractivity contribution >= 4 is 45.5 Å². The number of nitrogens with one attached hydrogen (secondary N) is 2. The number of ether oxygens (including phenoxy) is 2. The second-order valence-electron chi connectivity index (χ2n) is 4.81. The van der Waals surface area contributed by atoms with Gasteiger partial charge in [-0.25, -0.2) is 8.42 Å². The van der Waals surface area contributed by atoms with Gasteiger partial charge >= 0.3 is 0 Å². The number of hydrogen-bond donors (Lipinski definition) is 2. The molecule has 7 nitrogen and oxygen atoms in total. The Bertz CT molecular complexity index is 636. The Morgan fingerprint density at radius 3 is 2.50 bits per heavy atom. The third-order valence-corrected chi connectivity index (χ3v) is 3.73. The van der Waals surface area contributed by atoms with Crippen LogP contribution in [0, 0.1) is 0 Å². The fourth-order valence-corrected chi connectivity index (χ4v) is 2.21. The molecular formula is C15H26IN3O4S. The van der Waals surface area contributed by atoms with E-state index in [2.05, 4.69) is 15.6 Å². The maximum absolute atomic E-state index is 11.2. The number of methoxy groups -OCH3 is 1. The van der Waals surface area contributed by atoms with Gasteiger partial charge in [-0.15, -0.1) is 24.0 Å². The van der Waals surface area contributed by atoms with E-state index < -0.39 is 9.84 Å².